The van der Waals surface area contributed by atoms with Crippen LogP contribution in [0.1, 0.15) is 10.4 Å². The van der Waals surface area contributed by atoms with E-state index < -0.39 is 5.97 Å². The number of carbonyl (C=O) groups is 1. The minimum absolute atomic E-state index is 0.803. The summed E-state index contributed by atoms with van der Waals surface area (Å²) >= 11 is 1.67. The number of nitrogens with zero attached hydrogens (tertiary/aromatic N) is 1. The van der Waals surface area contributed by atoms with Crippen LogP contribution in [0.3, 0.4) is 0 Å². The molecule has 1 N–H and O–H groups in total. The minimum Gasteiger partial charge on any atom is -0.478 e. The lowest BCUT2D eigenvalue weighted by molar-refractivity contribution is -0.131. The lowest BCUT2D eigenvalue weighted by atomic mass is 10.2. The van der Waals surface area contributed by atoms with Gasteiger partial charge in [-0.3, -0.25) is 4.90 Å². The molecule has 1 aromatic heterocycles. The van der Waals surface area contributed by atoms with E-state index in [-0.39, 0.29) is 0 Å². The second kappa shape index (κ2) is 5.95. The molecule has 1 aliphatic rings. The highest BCUT2D eigenvalue weighted by Gasteiger charge is 2.11. The highest BCUT2D eigenvalue weighted by atomic mass is 32.1. The summed E-state index contributed by atoms with van der Waals surface area (Å²) in [4.78, 5) is 14.0. The summed E-state index contributed by atoms with van der Waals surface area (Å²) < 4.78 is 5.29. The van der Waals surface area contributed by atoms with Crippen LogP contribution < -0.4 is 0 Å². The summed E-state index contributed by atoms with van der Waals surface area (Å²) in [5.41, 5.74) is 0.959. The van der Waals surface area contributed by atoms with Crippen molar-refractivity contribution >= 4 is 23.4 Å². The van der Waals surface area contributed by atoms with E-state index in [9.17, 15) is 4.79 Å². The Morgan fingerprint density at radius 3 is 3.00 bits per heavy atom. The van der Waals surface area contributed by atoms with Crippen molar-refractivity contribution in [1.82, 2.24) is 4.90 Å². The largest absolute Gasteiger partial charge is 0.478 e. The molecule has 0 spiro atoms. The first-order valence-electron chi connectivity index (χ1n) is 5.52. The van der Waals surface area contributed by atoms with Gasteiger partial charge in [0.2, 0.25) is 0 Å². The van der Waals surface area contributed by atoms with E-state index in [2.05, 4.69) is 4.90 Å². The maximum atomic E-state index is 10.4. The van der Waals surface area contributed by atoms with Crippen molar-refractivity contribution < 1.29 is 14.6 Å². The Morgan fingerprint density at radius 2 is 2.29 bits per heavy atom. The molecule has 1 aliphatic heterocycles. The molecule has 0 aliphatic carbocycles. The second-order valence-electron chi connectivity index (χ2n) is 3.91. The summed E-state index contributed by atoms with van der Waals surface area (Å²) in [6.07, 6.45) is 2.79. The fourth-order valence-electron chi connectivity index (χ4n) is 1.72. The lowest BCUT2D eigenvalue weighted by Crippen LogP contribution is -2.35. The van der Waals surface area contributed by atoms with E-state index in [1.54, 1.807) is 17.4 Å². The number of aliphatic carboxylic acids is 1. The van der Waals surface area contributed by atoms with Gasteiger partial charge in [0.05, 0.1) is 13.2 Å². The summed E-state index contributed by atoms with van der Waals surface area (Å²) in [6, 6.07) is 2.04. The zero-order chi connectivity index (χ0) is 12.1. The van der Waals surface area contributed by atoms with Crippen molar-refractivity contribution in [2.75, 3.05) is 26.3 Å². The van der Waals surface area contributed by atoms with E-state index >= 15 is 0 Å². The fourth-order valence-corrected chi connectivity index (χ4v) is 2.61. The van der Waals surface area contributed by atoms with Gasteiger partial charge >= 0.3 is 5.97 Å². The number of thiophene rings is 1. The molecule has 0 amide bonds. The third kappa shape index (κ3) is 3.96. The molecule has 1 aromatic rings. The molecule has 17 heavy (non-hydrogen) atoms. The van der Waals surface area contributed by atoms with Gasteiger partial charge in [-0.1, -0.05) is 0 Å². The molecule has 0 radical (unpaired) electrons. The first-order chi connectivity index (χ1) is 8.24. The van der Waals surface area contributed by atoms with Crippen LogP contribution in [0.2, 0.25) is 0 Å². The number of carboxylic acid groups (broad SMARTS) is 1. The molecule has 0 bridgehead atoms. The highest BCUT2D eigenvalue weighted by Crippen LogP contribution is 2.18. The Hall–Kier alpha value is -1.17. The third-order valence-electron chi connectivity index (χ3n) is 2.58. The molecular formula is C12H15NO3S. The van der Waals surface area contributed by atoms with E-state index in [0.29, 0.717) is 0 Å². The first kappa shape index (κ1) is 12.3. The number of morpholine rings is 1. The van der Waals surface area contributed by atoms with Crippen LogP contribution in [0.4, 0.5) is 0 Å². The maximum Gasteiger partial charge on any atom is 0.328 e. The van der Waals surface area contributed by atoms with Crippen molar-refractivity contribution in [3.05, 3.63) is 28.0 Å². The smallest absolute Gasteiger partial charge is 0.328 e. The van der Waals surface area contributed by atoms with Gasteiger partial charge in [0, 0.05) is 30.6 Å². The van der Waals surface area contributed by atoms with E-state index in [0.717, 1.165) is 38.4 Å². The molecule has 5 heteroatoms. The summed E-state index contributed by atoms with van der Waals surface area (Å²) in [5, 5.41) is 10.5. The summed E-state index contributed by atoms with van der Waals surface area (Å²) in [6.45, 7) is 4.47. The maximum absolute atomic E-state index is 10.4. The first-order valence-corrected chi connectivity index (χ1v) is 6.40. The Balaban J connectivity index is 1.91. The van der Waals surface area contributed by atoms with E-state index in [1.807, 2.05) is 11.4 Å². The summed E-state index contributed by atoms with van der Waals surface area (Å²) in [7, 11) is 0. The number of hydrogen-bond donors (Lipinski definition) is 1. The van der Waals surface area contributed by atoms with Gasteiger partial charge in [-0.15, -0.1) is 11.3 Å². The molecule has 1 saturated heterocycles. The van der Waals surface area contributed by atoms with Crippen molar-refractivity contribution in [3.8, 4) is 0 Å². The standard InChI is InChI=1S/C12H15NO3S/c14-12(15)2-1-10-7-11(17-9-10)8-13-3-5-16-6-4-13/h1-2,7,9H,3-6,8H2,(H,14,15). The molecule has 0 atom stereocenters. The predicted octanol–water partition coefficient (Wildman–Crippen LogP) is 1.68. The number of hydrogen-bond acceptors (Lipinski definition) is 4. The van der Waals surface area contributed by atoms with E-state index in [4.69, 9.17) is 9.84 Å². The number of rotatable bonds is 4. The number of carboxylic acids is 1. The Morgan fingerprint density at radius 1 is 1.53 bits per heavy atom. The van der Waals surface area contributed by atoms with Gasteiger partial charge in [-0.2, -0.15) is 0 Å². The van der Waals surface area contributed by atoms with Crippen LogP contribution in [0, 0.1) is 0 Å². The van der Waals surface area contributed by atoms with Crippen LogP contribution >= 0.6 is 11.3 Å². The molecular weight excluding hydrogens is 238 g/mol. The van der Waals surface area contributed by atoms with Gasteiger partial charge in [-0.25, -0.2) is 4.79 Å². The Labute approximate surface area is 104 Å². The molecule has 0 unspecified atom stereocenters. The van der Waals surface area contributed by atoms with Gasteiger partial charge in [-0.05, 0) is 23.1 Å². The molecule has 2 rings (SSSR count). The van der Waals surface area contributed by atoms with Crippen LogP contribution in [0.25, 0.3) is 6.08 Å². The molecule has 1 fully saturated rings. The van der Waals surface area contributed by atoms with E-state index in [1.165, 1.54) is 11.0 Å². The predicted molar refractivity (Wildman–Crippen MR) is 67.1 cm³/mol. The van der Waals surface area contributed by atoms with Crippen LogP contribution in [-0.4, -0.2) is 42.3 Å². The van der Waals surface area contributed by atoms with Crippen LogP contribution in [-0.2, 0) is 16.1 Å². The molecule has 92 valence electrons. The summed E-state index contributed by atoms with van der Waals surface area (Å²) in [5.74, 6) is -0.911. The van der Waals surface area contributed by atoms with Crippen molar-refractivity contribution in [2.24, 2.45) is 0 Å². The Bertz CT molecular complexity index is 408. The zero-order valence-electron chi connectivity index (χ0n) is 9.46. The van der Waals surface area contributed by atoms with Gasteiger partial charge in [0.1, 0.15) is 0 Å². The second-order valence-corrected chi connectivity index (χ2v) is 4.90. The molecule has 0 aromatic carbocycles. The monoisotopic (exact) mass is 253 g/mol. The average Bonchev–Trinajstić information content (AvgIpc) is 2.75. The molecule has 4 nitrogen and oxygen atoms in total. The Kier molecular flexibility index (Phi) is 4.30. The van der Waals surface area contributed by atoms with Crippen molar-refractivity contribution in [3.63, 3.8) is 0 Å². The van der Waals surface area contributed by atoms with Crippen LogP contribution in [0.5, 0.6) is 0 Å². The van der Waals surface area contributed by atoms with Crippen LogP contribution in [0.15, 0.2) is 17.5 Å². The number of ether oxygens (including phenoxy) is 1. The lowest BCUT2D eigenvalue weighted by Gasteiger charge is -2.25. The minimum atomic E-state index is -0.911. The van der Waals surface area contributed by atoms with Crippen molar-refractivity contribution in [2.45, 2.75) is 6.54 Å². The topological polar surface area (TPSA) is 49.8 Å². The van der Waals surface area contributed by atoms with Gasteiger partial charge < -0.3 is 9.84 Å². The fraction of sp³-hybridized carbons (Fsp3) is 0.417. The average molecular weight is 253 g/mol. The normalized spacial score (nSPS) is 17.6. The molecule has 2 heterocycles. The molecule has 0 saturated carbocycles. The third-order valence-corrected chi connectivity index (χ3v) is 3.52. The van der Waals surface area contributed by atoms with Gasteiger partial charge in [0.25, 0.3) is 0 Å². The van der Waals surface area contributed by atoms with Gasteiger partial charge in [0.15, 0.2) is 0 Å². The van der Waals surface area contributed by atoms with Crippen molar-refractivity contribution in [1.29, 1.82) is 0 Å². The SMILES string of the molecule is O=C(O)C=Cc1csc(CN2CCOCC2)c1. The highest BCUT2D eigenvalue weighted by molar-refractivity contribution is 7.10. The zero-order valence-corrected chi connectivity index (χ0v) is 10.3. The quantitative estimate of drug-likeness (QED) is 0.829.